The molecule has 7 nitrogen and oxygen atoms in total. The molecule has 2 aromatic heterocycles. The molecule has 0 aliphatic heterocycles. The maximum Gasteiger partial charge on any atom is 0.378 e. The second-order valence-corrected chi connectivity index (χ2v) is 7.27. The smallest absolute Gasteiger partial charge is 0.378 e. The van der Waals surface area contributed by atoms with E-state index in [0.29, 0.717) is 12.4 Å². The van der Waals surface area contributed by atoms with Crippen LogP contribution in [-0.4, -0.2) is 33.2 Å². The van der Waals surface area contributed by atoms with Crippen molar-refractivity contribution in [2.24, 2.45) is 0 Å². The molecule has 0 aliphatic rings. The van der Waals surface area contributed by atoms with E-state index in [4.69, 9.17) is 4.74 Å². The van der Waals surface area contributed by atoms with Gasteiger partial charge in [0, 0.05) is 6.54 Å². The first-order chi connectivity index (χ1) is 14.7. The number of carbonyl (C=O) groups excluding carboxylic acids is 2. The highest BCUT2D eigenvalue weighted by molar-refractivity contribution is 7.13. The monoisotopic (exact) mass is 418 g/mol. The van der Waals surface area contributed by atoms with Gasteiger partial charge in [-0.2, -0.15) is 4.98 Å². The van der Waals surface area contributed by atoms with E-state index in [0.717, 1.165) is 16.1 Å². The van der Waals surface area contributed by atoms with Crippen LogP contribution in [0.1, 0.15) is 16.2 Å². The number of para-hydroxylation sites is 1. The lowest BCUT2D eigenvalue weighted by Crippen LogP contribution is -2.28. The van der Waals surface area contributed by atoms with E-state index in [-0.39, 0.29) is 5.82 Å². The van der Waals surface area contributed by atoms with Crippen molar-refractivity contribution in [1.82, 2.24) is 20.1 Å². The van der Waals surface area contributed by atoms with Crippen molar-refractivity contribution in [2.75, 3.05) is 6.61 Å². The fraction of sp³-hybridized carbons (Fsp3) is 0.0909. The van der Waals surface area contributed by atoms with Gasteiger partial charge in [0.1, 0.15) is 0 Å². The molecule has 30 heavy (non-hydrogen) atoms. The number of carbonyl (C=O) groups is 2. The summed E-state index contributed by atoms with van der Waals surface area (Å²) in [4.78, 5) is 29.7. The van der Waals surface area contributed by atoms with Crippen molar-refractivity contribution in [2.45, 2.75) is 6.54 Å². The Morgan fingerprint density at radius 1 is 0.967 bits per heavy atom. The molecule has 0 radical (unpaired) electrons. The molecule has 0 spiro atoms. The predicted octanol–water partition coefficient (Wildman–Crippen LogP) is 3.47. The fourth-order valence-electron chi connectivity index (χ4n) is 2.76. The Bertz CT molecular complexity index is 1130. The Morgan fingerprint density at radius 3 is 2.40 bits per heavy atom. The molecule has 0 fully saturated rings. The zero-order chi connectivity index (χ0) is 20.8. The predicted molar refractivity (Wildman–Crippen MR) is 113 cm³/mol. The molecule has 0 saturated carbocycles. The summed E-state index contributed by atoms with van der Waals surface area (Å²) in [5.41, 5.74) is 1.73. The van der Waals surface area contributed by atoms with Gasteiger partial charge in [-0.3, -0.25) is 4.79 Å². The van der Waals surface area contributed by atoms with E-state index in [1.54, 1.807) is 4.68 Å². The Labute approximate surface area is 177 Å². The zero-order valence-corrected chi connectivity index (χ0v) is 16.7. The first-order valence-electron chi connectivity index (χ1n) is 9.25. The van der Waals surface area contributed by atoms with Gasteiger partial charge in [0.15, 0.2) is 12.4 Å². The van der Waals surface area contributed by atoms with Crippen molar-refractivity contribution >= 4 is 23.2 Å². The summed E-state index contributed by atoms with van der Waals surface area (Å²) in [6, 6.07) is 22.7. The molecule has 2 heterocycles. The number of nitrogens with zero attached hydrogens (tertiary/aromatic N) is 3. The zero-order valence-electron chi connectivity index (χ0n) is 15.9. The van der Waals surface area contributed by atoms with Crippen molar-refractivity contribution in [1.29, 1.82) is 0 Å². The Balaban J connectivity index is 1.44. The quantitative estimate of drug-likeness (QED) is 0.465. The Hall–Kier alpha value is -3.78. The van der Waals surface area contributed by atoms with Gasteiger partial charge >= 0.3 is 5.97 Å². The maximum atomic E-state index is 12.5. The highest BCUT2D eigenvalue weighted by Gasteiger charge is 2.21. The minimum Gasteiger partial charge on any atom is -0.450 e. The van der Waals surface area contributed by atoms with Gasteiger partial charge in [0.25, 0.3) is 11.7 Å². The first-order valence-corrected chi connectivity index (χ1v) is 10.1. The second-order valence-electron chi connectivity index (χ2n) is 6.32. The van der Waals surface area contributed by atoms with Gasteiger partial charge in [-0.15, -0.1) is 16.4 Å². The topological polar surface area (TPSA) is 86.1 Å². The number of ether oxygens (including phenoxy) is 1. The van der Waals surface area contributed by atoms with Crippen LogP contribution in [-0.2, 0) is 16.1 Å². The molecule has 0 aliphatic carbocycles. The third-order valence-corrected chi connectivity index (χ3v) is 5.06. The van der Waals surface area contributed by atoms with Crippen LogP contribution in [0.3, 0.4) is 0 Å². The Kier molecular flexibility index (Phi) is 5.95. The minimum absolute atomic E-state index is 0.0990. The van der Waals surface area contributed by atoms with Gasteiger partial charge in [-0.1, -0.05) is 54.6 Å². The van der Waals surface area contributed by atoms with E-state index < -0.39 is 18.5 Å². The largest absolute Gasteiger partial charge is 0.450 e. The molecule has 1 amide bonds. The summed E-state index contributed by atoms with van der Waals surface area (Å²) in [7, 11) is 0. The lowest BCUT2D eigenvalue weighted by atomic mass is 10.2. The van der Waals surface area contributed by atoms with E-state index in [1.807, 2.05) is 78.2 Å². The first kappa shape index (κ1) is 19.5. The molecule has 0 unspecified atom stereocenters. The lowest BCUT2D eigenvalue weighted by Gasteiger charge is -2.05. The van der Waals surface area contributed by atoms with Crippen LogP contribution >= 0.6 is 11.3 Å². The number of aromatic nitrogens is 3. The molecule has 0 saturated heterocycles. The molecule has 8 heteroatoms. The van der Waals surface area contributed by atoms with Gasteiger partial charge in [0.2, 0.25) is 0 Å². The number of rotatable bonds is 7. The van der Waals surface area contributed by atoms with Crippen molar-refractivity contribution < 1.29 is 14.3 Å². The highest BCUT2D eigenvalue weighted by Crippen LogP contribution is 2.25. The van der Waals surface area contributed by atoms with Gasteiger partial charge in [0.05, 0.1) is 10.6 Å². The number of amides is 1. The molecule has 2 aromatic carbocycles. The summed E-state index contributed by atoms with van der Waals surface area (Å²) in [5.74, 6) is -0.708. The average molecular weight is 418 g/mol. The highest BCUT2D eigenvalue weighted by atomic mass is 32.1. The number of nitrogens with one attached hydrogen (secondary N) is 1. The number of hydrogen-bond acceptors (Lipinski definition) is 6. The molecule has 4 aromatic rings. The van der Waals surface area contributed by atoms with Crippen LogP contribution in [0.15, 0.2) is 78.2 Å². The molecule has 1 N–H and O–H groups in total. The normalized spacial score (nSPS) is 10.5. The van der Waals surface area contributed by atoms with Crippen LogP contribution in [0.5, 0.6) is 0 Å². The number of benzene rings is 2. The third-order valence-electron chi connectivity index (χ3n) is 4.20. The maximum absolute atomic E-state index is 12.5. The summed E-state index contributed by atoms with van der Waals surface area (Å²) in [5, 5.41) is 8.95. The summed E-state index contributed by atoms with van der Waals surface area (Å²) in [6.45, 7) is -0.0412. The van der Waals surface area contributed by atoms with E-state index in [2.05, 4.69) is 15.4 Å². The molecule has 0 bridgehead atoms. The minimum atomic E-state index is -0.752. The van der Waals surface area contributed by atoms with Gasteiger partial charge in [-0.05, 0) is 29.1 Å². The molecular formula is C22H18N4O3S. The standard InChI is InChI=1S/C22H18N4O3S/c27-19(23-14-16-8-3-1-4-9-16)15-29-22(28)20-24-21(18-12-7-13-30-18)26(25-20)17-10-5-2-6-11-17/h1-13H,14-15H2,(H,23,27). The van der Waals surface area contributed by atoms with Crippen LogP contribution in [0, 0.1) is 0 Å². The van der Waals surface area contributed by atoms with E-state index in [1.165, 1.54) is 11.3 Å². The number of esters is 1. The lowest BCUT2D eigenvalue weighted by molar-refractivity contribution is -0.124. The van der Waals surface area contributed by atoms with Crippen molar-refractivity contribution in [3.63, 3.8) is 0 Å². The van der Waals surface area contributed by atoms with Crippen LogP contribution < -0.4 is 5.32 Å². The van der Waals surface area contributed by atoms with Crippen molar-refractivity contribution in [3.05, 3.63) is 89.6 Å². The van der Waals surface area contributed by atoms with E-state index >= 15 is 0 Å². The number of hydrogen-bond donors (Lipinski definition) is 1. The molecule has 0 atom stereocenters. The van der Waals surface area contributed by atoms with Crippen LogP contribution in [0.25, 0.3) is 16.4 Å². The SMILES string of the molecule is O=C(COC(=O)c1nc(-c2cccs2)n(-c2ccccc2)n1)NCc1ccccc1. The average Bonchev–Trinajstić information content (AvgIpc) is 3.47. The fourth-order valence-corrected chi connectivity index (χ4v) is 3.45. The van der Waals surface area contributed by atoms with Crippen LogP contribution in [0.4, 0.5) is 0 Å². The van der Waals surface area contributed by atoms with E-state index in [9.17, 15) is 9.59 Å². The molecule has 4 rings (SSSR count). The molecule has 150 valence electrons. The second kappa shape index (κ2) is 9.15. The van der Waals surface area contributed by atoms with Gasteiger partial charge < -0.3 is 10.1 Å². The van der Waals surface area contributed by atoms with Crippen molar-refractivity contribution in [3.8, 4) is 16.4 Å². The summed E-state index contributed by atoms with van der Waals surface area (Å²) in [6.07, 6.45) is 0. The van der Waals surface area contributed by atoms with Crippen LogP contribution in [0.2, 0.25) is 0 Å². The summed E-state index contributed by atoms with van der Waals surface area (Å²) >= 11 is 1.49. The van der Waals surface area contributed by atoms with Gasteiger partial charge in [-0.25, -0.2) is 9.48 Å². The number of thiophene rings is 1. The Morgan fingerprint density at radius 2 is 1.70 bits per heavy atom. The summed E-state index contributed by atoms with van der Waals surface area (Å²) < 4.78 is 6.71. The molecular weight excluding hydrogens is 400 g/mol. The third kappa shape index (κ3) is 4.61.